The highest BCUT2D eigenvalue weighted by Gasteiger charge is 2.16. The van der Waals surface area contributed by atoms with Gasteiger partial charge in [0.15, 0.2) is 0 Å². The van der Waals surface area contributed by atoms with Gasteiger partial charge in [0.05, 0.1) is 30.3 Å². The molecule has 116 valence electrons. The highest BCUT2D eigenvalue weighted by molar-refractivity contribution is 5.91. The van der Waals surface area contributed by atoms with Crippen LogP contribution < -0.4 is 4.90 Å². The average molecular weight is 300 g/mol. The first kappa shape index (κ1) is 14.8. The number of carboxylic acids is 1. The summed E-state index contributed by atoms with van der Waals surface area (Å²) in [6, 6.07) is 10.1. The van der Waals surface area contributed by atoms with Crippen LogP contribution in [0.25, 0.3) is 10.9 Å². The molecule has 1 aromatic heterocycles. The van der Waals surface area contributed by atoms with Gasteiger partial charge in [-0.3, -0.25) is 9.78 Å². The van der Waals surface area contributed by atoms with Crippen molar-refractivity contribution in [2.24, 2.45) is 5.92 Å². The molecule has 0 amide bonds. The van der Waals surface area contributed by atoms with Crippen LogP contribution in [0.4, 0.5) is 5.69 Å². The lowest BCUT2D eigenvalue weighted by Gasteiger charge is -2.29. The third kappa shape index (κ3) is 3.04. The Morgan fingerprint density at radius 3 is 2.82 bits per heavy atom. The predicted molar refractivity (Wildman–Crippen MR) is 85.3 cm³/mol. The van der Waals surface area contributed by atoms with Crippen molar-refractivity contribution in [3.63, 3.8) is 0 Å². The zero-order valence-corrected chi connectivity index (χ0v) is 12.7. The fourth-order valence-electron chi connectivity index (χ4n) is 2.75. The van der Waals surface area contributed by atoms with Crippen LogP contribution in [0.15, 0.2) is 30.3 Å². The van der Waals surface area contributed by atoms with Crippen LogP contribution in [0, 0.1) is 5.92 Å². The van der Waals surface area contributed by atoms with Gasteiger partial charge in [-0.25, -0.2) is 0 Å². The molecular formula is C17H20N2O3. The second kappa shape index (κ2) is 6.32. The Hall–Kier alpha value is -2.14. The van der Waals surface area contributed by atoms with E-state index in [0.717, 1.165) is 48.6 Å². The van der Waals surface area contributed by atoms with Crippen LogP contribution >= 0.6 is 0 Å². The maximum atomic E-state index is 11.0. The summed E-state index contributed by atoms with van der Waals surface area (Å²) < 4.78 is 5.41. The van der Waals surface area contributed by atoms with E-state index in [4.69, 9.17) is 14.8 Å². The van der Waals surface area contributed by atoms with Gasteiger partial charge in [0.1, 0.15) is 0 Å². The minimum absolute atomic E-state index is 0.430. The number of ether oxygens (including phenoxy) is 1. The lowest BCUT2D eigenvalue weighted by molar-refractivity contribution is -0.141. The Labute approximate surface area is 129 Å². The number of hydrogen-bond acceptors (Lipinski definition) is 4. The van der Waals surface area contributed by atoms with E-state index in [9.17, 15) is 4.79 Å². The second-order valence-corrected chi connectivity index (χ2v) is 5.69. The molecule has 22 heavy (non-hydrogen) atoms. The first-order chi connectivity index (χ1) is 10.6. The van der Waals surface area contributed by atoms with Gasteiger partial charge in [0.25, 0.3) is 0 Å². The summed E-state index contributed by atoms with van der Waals surface area (Å²) in [5.41, 5.74) is 2.87. The van der Waals surface area contributed by atoms with E-state index in [-0.39, 0.29) is 0 Å². The molecule has 1 aromatic carbocycles. The first-order valence-corrected chi connectivity index (χ1v) is 7.59. The molecule has 1 unspecified atom stereocenters. The zero-order valence-electron chi connectivity index (χ0n) is 12.7. The van der Waals surface area contributed by atoms with Gasteiger partial charge in [-0.2, -0.15) is 0 Å². The summed E-state index contributed by atoms with van der Waals surface area (Å²) in [5, 5.41) is 10.1. The Morgan fingerprint density at radius 2 is 2.09 bits per heavy atom. The number of carboxylic acid groups (broad SMARTS) is 1. The van der Waals surface area contributed by atoms with Crippen molar-refractivity contribution in [3.8, 4) is 0 Å². The molecule has 1 fully saturated rings. The van der Waals surface area contributed by atoms with Gasteiger partial charge in [0, 0.05) is 30.6 Å². The van der Waals surface area contributed by atoms with E-state index >= 15 is 0 Å². The molecule has 5 nitrogen and oxygen atoms in total. The van der Waals surface area contributed by atoms with Gasteiger partial charge in [-0.1, -0.05) is 25.1 Å². The normalized spacial score (nSPS) is 16.7. The number of benzene rings is 1. The SMILES string of the molecule is CC(Cc1ccc2cccc(N3CCOCC3)c2n1)C(=O)O. The summed E-state index contributed by atoms with van der Waals surface area (Å²) in [6.07, 6.45) is 0.447. The number of fused-ring (bicyclic) bond motifs is 1. The summed E-state index contributed by atoms with van der Waals surface area (Å²) in [6.45, 7) is 4.88. The van der Waals surface area contributed by atoms with Crippen molar-refractivity contribution in [2.45, 2.75) is 13.3 Å². The predicted octanol–water partition coefficient (Wildman–Crippen LogP) is 2.33. The minimum Gasteiger partial charge on any atom is -0.481 e. The highest BCUT2D eigenvalue weighted by atomic mass is 16.5. The molecule has 5 heteroatoms. The first-order valence-electron chi connectivity index (χ1n) is 7.59. The van der Waals surface area contributed by atoms with E-state index in [1.807, 2.05) is 24.3 Å². The van der Waals surface area contributed by atoms with E-state index < -0.39 is 11.9 Å². The van der Waals surface area contributed by atoms with Crippen LogP contribution in [-0.2, 0) is 16.0 Å². The average Bonchev–Trinajstić information content (AvgIpc) is 2.55. The number of anilines is 1. The van der Waals surface area contributed by atoms with E-state index in [1.54, 1.807) is 6.92 Å². The fraction of sp³-hybridized carbons (Fsp3) is 0.412. The van der Waals surface area contributed by atoms with Crippen LogP contribution in [0.3, 0.4) is 0 Å². The Morgan fingerprint density at radius 1 is 1.32 bits per heavy atom. The van der Waals surface area contributed by atoms with E-state index in [0.29, 0.717) is 6.42 Å². The molecule has 0 aliphatic carbocycles. The van der Waals surface area contributed by atoms with Crippen molar-refractivity contribution in [2.75, 3.05) is 31.2 Å². The second-order valence-electron chi connectivity index (χ2n) is 5.69. The third-order valence-corrected chi connectivity index (χ3v) is 4.05. The van der Waals surface area contributed by atoms with E-state index in [1.165, 1.54) is 0 Å². The molecule has 2 aromatic rings. The quantitative estimate of drug-likeness (QED) is 0.939. The maximum absolute atomic E-state index is 11.0. The molecule has 1 saturated heterocycles. The van der Waals surface area contributed by atoms with Gasteiger partial charge < -0.3 is 14.7 Å². The van der Waals surface area contributed by atoms with Gasteiger partial charge >= 0.3 is 5.97 Å². The smallest absolute Gasteiger partial charge is 0.306 e. The number of hydrogen-bond donors (Lipinski definition) is 1. The van der Waals surface area contributed by atoms with Crippen molar-refractivity contribution >= 4 is 22.6 Å². The van der Waals surface area contributed by atoms with E-state index in [2.05, 4.69) is 11.0 Å². The summed E-state index contributed by atoms with van der Waals surface area (Å²) in [5.74, 6) is -1.22. The molecule has 2 heterocycles. The molecular weight excluding hydrogens is 280 g/mol. The monoisotopic (exact) mass is 300 g/mol. The lowest BCUT2D eigenvalue weighted by Crippen LogP contribution is -2.36. The van der Waals surface area contributed by atoms with Crippen molar-refractivity contribution in [3.05, 3.63) is 36.0 Å². The Kier molecular flexibility index (Phi) is 4.24. The molecule has 3 rings (SSSR count). The van der Waals surface area contributed by atoms with Crippen molar-refractivity contribution < 1.29 is 14.6 Å². The van der Waals surface area contributed by atoms with Gasteiger partial charge in [-0.05, 0) is 12.1 Å². The standard InChI is InChI=1S/C17H20N2O3/c1-12(17(20)21)11-14-6-5-13-3-2-4-15(16(13)18-14)19-7-9-22-10-8-19/h2-6,12H,7-11H2,1H3,(H,20,21). The number of aliphatic carboxylic acids is 1. The lowest BCUT2D eigenvalue weighted by atomic mass is 10.0. The van der Waals surface area contributed by atoms with Crippen LogP contribution in [0.1, 0.15) is 12.6 Å². The van der Waals surface area contributed by atoms with Crippen LogP contribution in [-0.4, -0.2) is 42.4 Å². The number of carbonyl (C=O) groups is 1. The number of nitrogens with zero attached hydrogens (tertiary/aromatic N) is 2. The summed E-state index contributed by atoms with van der Waals surface area (Å²) in [7, 11) is 0. The molecule has 0 spiro atoms. The molecule has 1 N–H and O–H groups in total. The number of aromatic nitrogens is 1. The zero-order chi connectivity index (χ0) is 15.5. The molecule has 1 atom stereocenters. The van der Waals surface area contributed by atoms with Crippen LogP contribution in [0.2, 0.25) is 0 Å². The molecule has 1 aliphatic rings. The molecule has 0 saturated carbocycles. The largest absolute Gasteiger partial charge is 0.481 e. The molecule has 0 bridgehead atoms. The van der Waals surface area contributed by atoms with Crippen LogP contribution in [0.5, 0.6) is 0 Å². The minimum atomic E-state index is -0.789. The number of morpholine rings is 1. The van der Waals surface area contributed by atoms with Gasteiger partial charge in [-0.15, -0.1) is 0 Å². The summed E-state index contributed by atoms with van der Waals surface area (Å²) >= 11 is 0. The summed E-state index contributed by atoms with van der Waals surface area (Å²) in [4.78, 5) is 18.0. The Balaban J connectivity index is 1.96. The highest BCUT2D eigenvalue weighted by Crippen LogP contribution is 2.26. The molecule has 1 aliphatic heterocycles. The number of para-hydroxylation sites is 1. The number of rotatable bonds is 4. The maximum Gasteiger partial charge on any atom is 0.306 e. The van der Waals surface area contributed by atoms with Crippen molar-refractivity contribution in [1.29, 1.82) is 0 Å². The molecule has 0 radical (unpaired) electrons. The Bertz CT molecular complexity index is 681. The van der Waals surface area contributed by atoms with Crippen molar-refractivity contribution in [1.82, 2.24) is 4.98 Å². The van der Waals surface area contributed by atoms with Gasteiger partial charge in [0.2, 0.25) is 0 Å². The topological polar surface area (TPSA) is 62.7 Å². The number of pyridine rings is 1. The fourth-order valence-corrected chi connectivity index (χ4v) is 2.75. The third-order valence-electron chi connectivity index (χ3n) is 4.05.